The van der Waals surface area contributed by atoms with E-state index >= 15 is 0 Å². The van der Waals surface area contributed by atoms with Gasteiger partial charge in [-0.05, 0) is 62.0 Å². The van der Waals surface area contributed by atoms with Gasteiger partial charge < -0.3 is 0 Å². The Morgan fingerprint density at radius 1 is 0.486 bits per heavy atom. The molecule has 2 nitrogen and oxygen atoms in total. The van der Waals surface area contributed by atoms with Crippen LogP contribution in [0.5, 0.6) is 0 Å². The largest absolute Gasteiger partial charge is 0.252 e. The van der Waals surface area contributed by atoms with E-state index in [1.807, 2.05) is 6.20 Å². The molecule has 0 fully saturated rings. The third-order valence-electron chi connectivity index (χ3n) is 6.64. The van der Waals surface area contributed by atoms with Crippen LogP contribution in [-0.2, 0) is 0 Å². The van der Waals surface area contributed by atoms with Gasteiger partial charge in [0.05, 0.1) is 22.9 Å². The minimum absolute atomic E-state index is 0.883. The van der Waals surface area contributed by atoms with Crippen LogP contribution in [-0.4, -0.2) is 9.97 Å². The predicted octanol–water partition coefficient (Wildman–Crippen LogP) is 9.00. The van der Waals surface area contributed by atoms with Crippen molar-refractivity contribution in [2.45, 2.75) is 0 Å². The summed E-state index contributed by atoms with van der Waals surface area (Å²) >= 11 is 1.72. The van der Waals surface area contributed by atoms with E-state index in [2.05, 4.69) is 114 Å². The minimum atomic E-state index is 0.883. The molecular weight excluding hydrogens is 444 g/mol. The molecule has 0 atom stereocenters. The molecule has 0 aliphatic rings. The van der Waals surface area contributed by atoms with Crippen molar-refractivity contribution in [3.8, 4) is 33.5 Å². The van der Waals surface area contributed by atoms with Gasteiger partial charge in [0.25, 0.3) is 0 Å². The van der Waals surface area contributed by atoms with Gasteiger partial charge in [-0.3, -0.25) is 4.98 Å². The Bertz CT molecular complexity index is 1820. The number of benzene rings is 5. The van der Waals surface area contributed by atoms with Crippen molar-refractivity contribution in [3.63, 3.8) is 0 Å². The summed E-state index contributed by atoms with van der Waals surface area (Å²) in [6.45, 7) is 0. The summed E-state index contributed by atoms with van der Waals surface area (Å²) in [6.07, 6.45) is 1.91. The monoisotopic (exact) mass is 464 g/mol. The first-order valence-corrected chi connectivity index (χ1v) is 12.6. The Labute approximate surface area is 207 Å². The number of hydrogen-bond donors (Lipinski definition) is 0. The van der Waals surface area contributed by atoms with Crippen molar-refractivity contribution >= 4 is 43.9 Å². The average Bonchev–Trinajstić information content (AvgIpc) is 3.49. The topological polar surface area (TPSA) is 25.8 Å². The zero-order chi connectivity index (χ0) is 23.2. The van der Waals surface area contributed by atoms with Crippen molar-refractivity contribution < 1.29 is 0 Å². The molecule has 0 bridgehead atoms. The highest BCUT2D eigenvalue weighted by molar-refractivity contribution is 7.08. The predicted molar refractivity (Wildman–Crippen MR) is 149 cm³/mol. The molecule has 3 heteroatoms. The number of fused-ring (bicyclic) bond motifs is 6. The van der Waals surface area contributed by atoms with Gasteiger partial charge in [-0.1, -0.05) is 84.9 Å². The van der Waals surface area contributed by atoms with Crippen molar-refractivity contribution in [3.05, 3.63) is 120 Å². The lowest BCUT2D eigenvalue weighted by atomic mass is 9.98. The molecule has 0 radical (unpaired) electrons. The van der Waals surface area contributed by atoms with Crippen LogP contribution in [0.1, 0.15) is 0 Å². The quantitative estimate of drug-likeness (QED) is 0.244. The van der Waals surface area contributed by atoms with Crippen LogP contribution in [0.4, 0.5) is 0 Å². The molecule has 0 aliphatic carbocycles. The Morgan fingerprint density at radius 3 is 1.71 bits per heavy atom. The third-order valence-corrected chi connectivity index (χ3v) is 7.32. The number of thiophene rings is 1. The summed E-state index contributed by atoms with van der Waals surface area (Å²) in [5.41, 5.74) is 8.70. The molecule has 2 aromatic heterocycles. The van der Waals surface area contributed by atoms with Crippen molar-refractivity contribution in [1.29, 1.82) is 0 Å². The van der Waals surface area contributed by atoms with Crippen molar-refractivity contribution in [2.24, 2.45) is 0 Å². The van der Waals surface area contributed by atoms with Gasteiger partial charge in [-0.25, -0.2) is 4.98 Å². The maximum atomic E-state index is 5.16. The highest BCUT2D eigenvalue weighted by atomic mass is 32.1. The average molecular weight is 465 g/mol. The van der Waals surface area contributed by atoms with Gasteiger partial charge in [-0.2, -0.15) is 11.3 Å². The maximum absolute atomic E-state index is 5.16. The molecule has 0 unspecified atom stereocenters. The second-order valence-corrected chi connectivity index (χ2v) is 9.50. The van der Waals surface area contributed by atoms with E-state index in [-0.39, 0.29) is 0 Å². The Kier molecular flexibility index (Phi) is 4.68. The smallest absolute Gasteiger partial charge is 0.0979 e. The second-order valence-electron chi connectivity index (χ2n) is 8.72. The molecule has 7 rings (SSSR count). The van der Waals surface area contributed by atoms with Gasteiger partial charge in [-0.15, -0.1) is 0 Å². The van der Waals surface area contributed by atoms with Crippen molar-refractivity contribution in [1.82, 2.24) is 9.97 Å². The number of hydrogen-bond acceptors (Lipinski definition) is 3. The van der Waals surface area contributed by atoms with E-state index in [0.29, 0.717) is 0 Å². The van der Waals surface area contributed by atoms with Crippen LogP contribution in [0.2, 0.25) is 0 Å². The van der Waals surface area contributed by atoms with E-state index in [9.17, 15) is 0 Å². The molecule has 2 heterocycles. The fraction of sp³-hybridized carbons (Fsp3) is 0. The van der Waals surface area contributed by atoms with E-state index in [1.54, 1.807) is 11.3 Å². The molecular formula is C32H20N2S. The van der Waals surface area contributed by atoms with Gasteiger partial charge in [0.15, 0.2) is 0 Å². The second kappa shape index (κ2) is 8.15. The van der Waals surface area contributed by atoms with E-state index in [0.717, 1.165) is 33.1 Å². The molecule has 5 aromatic carbocycles. The van der Waals surface area contributed by atoms with Crippen LogP contribution < -0.4 is 0 Å². The lowest BCUT2D eigenvalue weighted by Gasteiger charge is -2.11. The van der Waals surface area contributed by atoms with Crippen molar-refractivity contribution in [2.75, 3.05) is 0 Å². The first-order valence-electron chi connectivity index (χ1n) is 11.6. The van der Waals surface area contributed by atoms with Gasteiger partial charge in [0, 0.05) is 16.3 Å². The summed E-state index contributed by atoms with van der Waals surface area (Å²) in [4.78, 5) is 10.1. The molecule has 0 saturated heterocycles. The summed E-state index contributed by atoms with van der Waals surface area (Å²) in [6, 6.07) is 36.4. The fourth-order valence-corrected chi connectivity index (χ4v) is 5.59. The van der Waals surface area contributed by atoms with Gasteiger partial charge >= 0.3 is 0 Å². The lowest BCUT2D eigenvalue weighted by Crippen LogP contribution is -1.92. The third kappa shape index (κ3) is 3.40. The summed E-state index contributed by atoms with van der Waals surface area (Å²) in [5.74, 6) is 0. The van der Waals surface area contributed by atoms with Crippen LogP contribution in [0.3, 0.4) is 0 Å². The highest BCUT2D eigenvalue weighted by Crippen LogP contribution is 2.35. The standard InChI is InChI=1S/C32H20N2S/c1-3-13-28-26(11-1)27-12-2-4-14-29(27)32-31(28)33-19-30(34-32)24-10-6-8-22(18-24)21-7-5-9-23(17-21)25-15-16-35-20-25/h1-20H. The zero-order valence-electron chi connectivity index (χ0n) is 18.8. The first-order chi connectivity index (χ1) is 17.3. The number of rotatable bonds is 3. The summed E-state index contributed by atoms with van der Waals surface area (Å²) in [7, 11) is 0. The van der Waals surface area contributed by atoms with E-state index in [4.69, 9.17) is 9.97 Å². The molecule has 35 heavy (non-hydrogen) atoms. The number of aromatic nitrogens is 2. The van der Waals surface area contributed by atoms with Crippen LogP contribution in [0.25, 0.3) is 66.1 Å². The van der Waals surface area contributed by atoms with E-state index < -0.39 is 0 Å². The van der Waals surface area contributed by atoms with Crippen LogP contribution >= 0.6 is 11.3 Å². The summed E-state index contributed by atoms with van der Waals surface area (Å²) < 4.78 is 0. The lowest BCUT2D eigenvalue weighted by molar-refractivity contribution is 1.31. The fourth-order valence-electron chi connectivity index (χ4n) is 4.93. The van der Waals surface area contributed by atoms with Gasteiger partial charge in [0.1, 0.15) is 0 Å². The number of nitrogens with zero attached hydrogens (tertiary/aromatic N) is 2. The SMILES string of the molecule is c1cc(-c2ccsc2)cc(-c2cccc(-c3cnc4c5ccccc5c5ccccc5c4n3)c2)c1. The molecule has 164 valence electrons. The molecule has 0 N–H and O–H groups in total. The Morgan fingerprint density at radius 2 is 1.06 bits per heavy atom. The molecule has 7 aromatic rings. The first kappa shape index (κ1) is 20.1. The highest BCUT2D eigenvalue weighted by Gasteiger charge is 2.12. The minimum Gasteiger partial charge on any atom is -0.252 e. The van der Waals surface area contributed by atoms with E-state index in [1.165, 1.54) is 33.0 Å². The maximum Gasteiger partial charge on any atom is 0.0979 e. The van der Waals surface area contributed by atoms with Crippen LogP contribution in [0, 0.1) is 0 Å². The molecule has 0 amide bonds. The molecule has 0 saturated carbocycles. The normalized spacial score (nSPS) is 11.4. The van der Waals surface area contributed by atoms with Gasteiger partial charge in [0.2, 0.25) is 0 Å². The molecule has 0 spiro atoms. The molecule has 0 aliphatic heterocycles. The summed E-state index contributed by atoms with van der Waals surface area (Å²) in [5, 5.41) is 9.00. The zero-order valence-corrected chi connectivity index (χ0v) is 19.7. The Balaban J connectivity index is 1.39. The Hall–Kier alpha value is -4.34. The van der Waals surface area contributed by atoms with Crippen LogP contribution in [0.15, 0.2) is 120 Å².